The first-order chi connectivity index (χ1) is 6.38. The first-order valence-corrected chi connectivity index (χ1v) is 4.30. The lowest BCUT2D eigenvalue weighted by Crippen LogP contribution is -2.59. The molecule has 1 aliphatic heterocycles. The lowest BCUT2D eigenvalue weighted by atomic mass is 9.87. The standard InChI is InChI=1S/C8H13NO5/c1-8(6(11)12)4-5(10)2-3-9(8)7(13)14/h5,10H,2-4H2,1H3,(H,11,12)(H,13,14)/t5-,8-/m0/s1. The van der Waals surface area contributed by atoms with Crippen LogP contribution >= 0.6 is 0 Å². The second-order valence-electron chi connectivity index (χ2n) is 3.66. The maximum Gasteiger partial charge on any atom is 0.408 e. The van der Waals surface area contributed by atoms with E-state index >= 15 is 0 Å². The molecular weight excluding hydrogens is 190 g/mol. The van der Waals surface area contributed by atoms with Gasteiger partial charge in [-0.3, -0.25) is 4.90 Å². The van der Waals surface area contributed by atoms with Gasteiger partial charge in [-0.15, -0.1) is 0 Å². The van der Waals surface area contributed by atoms with Crippen molar-refractivity contribution in [2.45, 2.75) is 31.4 Å². The number of hydrogen-bond acceptors (Lipinski definition) is 3. The van der Waals surface area contributed by atoms with Gasteiger partial charge in [-0.1, -0.05) is 0 Å². The van der Waals surface area contributed by atoms with Gasteiger partial charge in [0.2, 0.25) is 0 Å². The van der Waals surface area contributed by atoms with E-state index in [-0.39, 0.29) is 19.4 Å². The molecule has 0 spiro atoms. The van der Waals surface area contributed by atoms with Gasteiger partial charge in [-0.2, -0.15) is 0 Å². The van der Waals surface area contributed by atoms with E-state index in [1.54, 1.807) is 0 Å². The summed E-state index contributed by atoms with van der Waals surface area (Å²) >= 11 is 0. The molecule has 0 saturated carbocycles. The lowest BCUT2D eigenvalue weighted by Gasteiger charge is -2.41. The van der Waals surface area contributed by atoms with Gasteiger partial charge in [0.05, 0.1) is 6.10 Å². The van der Waals surface area contributed by atoms with E-state index in [1.807, 2.05) is 0 Å². The van der Waals surface area contributed by atoms with Crippen LogP contribution in [0.25, 0.3) is 0 Å². The number of aliphatic hydroxyl groups is 1. The molecule has 2 atom stereocenters. The highest BCUT2D eigenvalue weighted by atomic mass is 16.4. The zero-order valence-corrected chi connectivity index (χ0v) is 7.80. The molecule has 1 heterocycles. The smallest absolute Gasteiger partial charge is 0.408 e. The maximum atomic E-state index is 10.9. The molecule has 1 aliphatic rings. The molecule has 0 aliphatic carbocycles. The second-order valence-corrected chi connectivity index (χ2v) is 3.66. The number of carboxylic acid groups (broad SMARTS) is 2. The Hall–Kier alpha value is -1.30. The molecule has 1 fully saturated rings. The van der Waals surface area contributed by atoms with Crippen molar-refractivity contribution in [2.24, 2.45) is 0 Å². The monoisotopic (exact) mass is 203 g/mol. The van der Waals surface area contributed by atoms with E-state index < -0.39 is 23.7 Å². The van der Waals surface area contributed by atoms with E-state index in [0.29, 0.717) is 0 Å². The summed E-state index contributed by atoms with van der Waals surface area (Å²) in [7, 11) is 0. The molecule has 80 valence electrons. The summed E-state index contributed by atoms with van der Waals surface area (Å²) in [6.45, 7) is 1.37. The fourth-order valence-corrected chi connectivity index (χ4v) is 1.71. The highest BCUT2D eigenvalue weighted by Crippen LogP contribution is 2.28. The van der Waals surface area contributed by atoms with Gasteiger partial charge in [-0.25, -0.2) is 9.59 Å². The van der Waals surface area contributed by atoms with Gasteiger partial charge in [0.15, 0.2) is 0 Å². The number of hydrogen-bond donors (Lipinski definition) is 3. The van der Waals surface area contributed by atoms with E-state index in [4.69, 9.17) is 10.2 Å². The van der Waals surface area contributed by atoms with Crippen LogP contribution in [0.15, 0.2) is 0 Å². The third-order valence-corrected chi connectivity index (χ3v) is 2.61. The van der Waals surface area contributed by atoms with Gasteiger partial charge in [0.1, 0.15) is 5.54 Å². The van der Waals surface area contributed by atoms with Crippen LogP contribution in [0.4, 0.5) is 4.79 Å². The zero-order chi connectivity index (χ0) is 10.9. The van der Waals surface area contributed by atoms with Gasteiger partial charge in [0, 0.05) is 13.0 Å². The van der Waals surface area contributed by atoms with Crippen LogP contribution in [0.5, 0.6) is 0 Å². The van der Waals surface area contributed by atoms with E-state index in [2.05, 4.69) is 0 Å². The molecule has 1 rings (SSSR count). The van der Waals surface area contributed by atoms with Gasteiger partial charge in [-0.05, 0) is 13.3 Å². The predicted molar refractivity (Wildman–Crippen MR) is 46.0 cm³/mol. The normalized spacial score (nSPS) is 32.7. The Labute approximate surface area is 80.8 Å². The molecule has 0 bridgehead atoms. The minimum absolute atomic E-state index is 0.0549. The summed E-state index contributed by atoms with van der Waals surface area (Å²) in [5.41, 5.74) is -1.51. The third-order valence-electron chi connectivity index (χ3n) is 2.61. The summed E-state index contributed by atoms with van der Waals surface area (Å²) in [5, 5.41) is 27.0. The molecule has 0 aromatic carbocycles. The summed E-state index contributed by atoms with van der Waals surface area (Å²) < 4.78 is 0. The molecule has 6 nitrogen and oxygen atoms in total. The molecule has 0 aromatic rings. The first-order valence-electron chi connectivity index (χ1n) is 4.30. The molecule has 14 heavy (non-hydrogen) atoms. The minimum Gasteiger partial charge on any atom is -0.480 e. The first kappa shape index (κ1) is 10.8. The average molecular weight is 203 g/mol. The van der Waals surface area contributed by atoms with Gasteiger partial charge >= 0.3 is 12.1 Å². The van der Waals surface area contributed by atoms with Crippen LogP contribution in [-0.2, 0) is 4.79 Å². The third kappa shape index (κ3) is 1.65. The van der Waals surface area contributed by atoms with Crippen molar-refractivity contribution in [3.63, 3.8) is 0 Å². The maximum absolute atomic E-state index is 10.9. The summed E-state index contributed by atoms with van der Waals surface area (Å²) in [6, 6.07) is 0. The minimum atomic E-state index is -1.51. The number of nitrogens with zero attached hydrogens (tertiary/aromatic N) is 1. The topological polar surface area (TPSA) is 98.1 Å². The second kappa shape index (κ2) is 3.45. The van der Waals surface area contributed by atoms with Crippen molar-refractivity contribution >= 4 is 12.1 Å². The van der Waals surface area contributed by atoms with Crippen molar-refractivity contribution in [3.05, 3.63) is 0 Å². The number of likely N-dealkylation sites (tertiary alicyclic amines) is 1. The van der Waals surface area contributed by atoms with Crippen LogP contribution in [0.1, 0.15) is 19.8 Å². The Balaban J connectivity index is 2.94. The molecule has 3 N–H and O–H groups in total. The fraction of sp³-hybridized carbons (Fsp3) is 0.750. The van der Waals surface area contributed by atoms with Crippen LogP contribution in [0.3, 0.4) is 0 Å². The quantitative estimate of drug-likeness (QED) is 0.555. The van der Waals surface area contributed by atoms with E-state index in [1.165, 1.54) is 6.92 Å². The number of aliphatic carboxylic acids is 1. The summed E-state index contributed by atoms with van der Waals surface area (Å²) in [5.74, 6) is -1.22. The Morgan fingerprint density at radius 3 is 2.43 bits per heavy atom. The van der Waals surface area contributed by atoms with Crippen LogP contribution in [-0.4, -0.2) is 50.5 Å². The van der Waals surface area contributed by atoms with Gasteiger partial charge < -0.3 is 15.3 Å². The van der Waals surface area contributed by atoms with Crippen molar-refractivity contribution in [1.29, 1.82) is 0 Å². The Bertz CT molecular complexity index is 266. The largest absolute Gasteiger partial charge is 0.480 e. The zero-order valence-electron chi connectivity index (χ0n) is 7.80. The molecule has 6 heteroatoms. The Morgan fingerprint density at radius 1 is 1.43 bits per heavy atom. The van der Waals surface area contributed by atoms with Crippen LogP contribution < -0.4 is 0 Å². The lowest BCUT2D eigenvalue weighted by molar-refractivity contribution is -0.154. The van der Waals surface area contributed by atoms with Gasteiger partial charge in [0.25, 0.3) is 0 Å². The van der Waals surface area contributed by atoms with Crippen molar-refractivity contribution in [3.8, 4) is 0 Å². The molecule has 0 aromatic heterocycles. The molecule has 1 amide bonds. The van der Waals surface area contributed by atoms with Crippen molar-refractivity contribution < 1.29 is 24.9 Å². The van der Waals surface area contributed by atoms with E-state index in [0.717, 1.165) is 4.90 Å². The number of piperidine rings is 1. The van der Waals surface area contributed by atoms with Crippen LogP contribution in [0.2, 0.25) is 0 Å². The molecule has 0 unspecified atom stereocenters. The molecule has 0 radical (unpaired) electrons. The Kier molecular flexibility index (Phi) is 2.66. The number of carbonyl (C=O) groups is 2. The number of amides is 1. The average Bonchev–Trinajstić information content (AvgIpc) is 2.02. The summed E-state index contributed by atoms with van der Waals surface area (Å²) in [6.07, 6.45) is -1.78. The SMILES string of the molecule is C[C@@]1(C(=O)O)C[C@@H](O)CCN1C(=O)O. The number of carboxylic acids is 1. The number of rotatable bonds is 1. The van der Waals surface area contributed by atoms with Crippen molar-refractivity contribution in [1.82, 2.24) is 4.90 Å². The Morgan fingerprint density at radius 2 is 2.00 bits per heavy atom. The molecular formula is C8H13NO5. The van der Waals surface area contributed by atoms with Crippen molar-refractivity contribution in [2.75, 3.05) is 6.54 Å². The molecule has 1 saturated heterocycles. The van der Waals surface area contributed by atoms with Crippen LogP contribution in [0, 0.1) is 0 Å². The summed E-state index contributed by atoms with van der Waals surface area (Å²) in [4.78, 5) is 22.5. The number of aliphatic hydroxyl groups excluding tert-OH is 1. The fourth-order valence-electron chi connectivity index (χ4n) is 1.71. The van der Waals surface area contributed by atoms with E-state index in [9.17, 15) is 14.7 Å². The highest BCUT2D eigenvalue weighted by Gasteiger charge is 2.46. The predicted octanol–water partition coefficient (Wildman–Crippen LogP) is -0.0356. The highest BCUT2D eigenvalue weighted by molar-refractivity contribution is 5.83.